The van der Waals surface area contributed by atoms with Gasteiger partial charge in [-0.3, -0.25) is 0 Å². The van der Waals surface area contributed by atoms with Crippen molar-refractivity contribution in [3.05, 3.63) is 17.7 Å². The van der Waals surface area contributed by atoms with Crippen LogP contribution < -0.4 is 5.32 Å². The first-order valence-electron chi connectivity index (χ1n) is 3.91. The Hall–Kier alpha value is -1.34. The molecule has 1 heterocycles. The minimum absolute atomic E-state index is 0.461. The summed E-state index contributed by atoms with van der Waals surface area (Å²) in [6.45, 7) is 3.73. The van der Waals surface area contributed by atoms with Crippen molar-refractivity contribution in [2.45, 2.75) is 13.5 Å². The number of nitriles is 1. The number of nitrogens with one attached hydrogen (secondary N) is 1. The molecule has 1 rings (SSSR count). The van der Waals surface area contributed by atoms with Crippen molar-refractivity contribution in [2.24, 2.45) is 7.05 Å². The summed E-state index contributed by atoms with van der Waals surface area (Å²) in [6.07, 6.45) is 1.72. The Kier molecular flexibility index (Phi) is 2.83. The van der Waals surface area contributed by atoms with Crippen LogP contribution in [0.25, 0.3) is 0 Å². The average Bonchev–Trinajstić information content (AvgIpc) is 2.43. The number of aromatic nitrogens is 2. The predicted octanol–water partition coefficient (Wildman–Crippen LogP) is 0.401. The normalized spacial score (nSPS) is 9.75. The maximum absolute atomic E-state index is 8.60. The molecule has 0 aromatic carbocycles. The fourth-order valence-electron chi connectivity index (χ4n) is 0.966. The highest BCUT2D eigenvalue weighted by atomic mass is 15.1. The van der Waals surface area contributed by atoms with Crippen LogP contribution in [0.4, 0.5) is 0 Å². The zero-order valence-corrected chi connectivity index (χ0v) is 7.33. The molecule has 0 amide bonds. The van der Waals surface area contributed by atoms with Crippen molar-refractivity contribution in [2.75, 3.05) is 6.54 Å². The van der Waals surface area contributed by atoms with E-state index in [2.05, 4.69) is 10.3 Å². The van der Waals surface area contributed by atoms with E-state index >= 15 is 0 Å². The van der Waals surface area contributed by atoms with Gasteiger partial charge in [-0.05, 0) is 6.54 Å². The van der Waals surface area contributed by atoms with Crippen molar-refractivity contribution >= 4 is 0 Å². The van der Waals surface area contributed by atoms with Crippen LogP contribution in [0.5, 0.6) is 0 Å². The number of imidazole rings is 1. The molecule has 0 saturated heterocycles. The molecule has 64 valence electrons. The standard InChI is InChI=1S/C8H12N4/c1-3-10-5-7-6-11-8(4-9)12(7)2/h6,10H,3,5H2,1-2H3. The van der Waals surface area contributed by atoms with Crippen molar-refractivity contribution in [1.82, 2.24) is 14.9 Å². The van der Waals surface area contributed by atoms with Gasteiger partial charge in [0.25, 0.3) is 0 Å². The van der Waals surface area contributed by atoms with Gasteiger partial charge in [-0.1, -0.05) is 6.92 Å². The van der Waals surface area contributed by atoms with E-state index < -0.39 is 0 Å². The molecule has 1 aromatic heterocycles. The molecular weight excluding hydrogens is 152 g/mol. The molecule has 0 radical (unpaired) electrons. The van der Waals surface area contributed by atoms with Crippen LogP contribution in [0.2, 0.25) is 0 Å². The molecule has 4 nitrogen and oxygen atoms in total. The second-order valence-electron chi connectivity index (χ2n) is 2.52. The molecule has 12 heavy (non-hydrogen) atoms. The quantitative estimate of drug-likeness (QED) is 0.703. The Morgan fingerprint density at radius 2 is 2.50 bits per heavy atom. The van der Waals surface area contributed by atoms with Crippen LogP contribution in [-0.4, -0.2) is 16.1 Å². The first-order valence-corrected chi connectivity index (χ1v) is 3.91. The third kappa shape index (κ3) is 1.63. The maximum atomic E-state index is 8.60. The Morgan fingerprint density at radius 1 is 1.75 bits per heavy atom. The van der Waals surface area contributed by atoms with Gasteiger partial charge < -0.3 is 9.88 Å². The van der Waals surface area contributed by atoms with Gasteiger partial charge in [0.15, 0.2) is 0 Å². The van der Waals surface area contributed by atoms with Crippen molar-refractivity contribution in [3.63, 3.8) is 0 Å². The first-order chi connectivity index (χ1) is 5.79. The van der Waals surface area contributed by atoms with Crippen LogP contribution in [-0.2, 0) is 13.6 Å². The largest absolute Gasteiger partial charge is 0.322 e. The average molecular weight is 164 g/mol. The zero-order valence-electron chi connectivity index (χ0n) is 7.33. The Labute approximate surface area is 71.8 Å². The summed E-state index contributed by atoms with van der Waals surface area (Å²) in [7, 11) is 1.85. The van der Waals surface area contributed by atoms with E-state index in [1.807, 2.05) is 20.0 Å². The second kappa shape index (κ2) is 3.88. The molecule has 0 atom stereocenters. The molecule has 1 N–H and O–H groups in total. The minimum Gasteiger partial charge on any atom is -0.322 e. The lowest BCUT2D eigenvalue weighted by Gasteiger charge is -2.01. The summed E-state index contributed by atoms with van der Waals surface area (Å²) in [5, 5.41) is 11.8. The van der Waals surface area contributed by atoms with E-state index in [4.69, 9.17) is 5.26 Å². The van der Waals surface area contributed by atoms with Crippen LogP contribution in [0, 0.1) is 11.3 Å². The van der Waals surface area contributed by atoms with E-state index in [0.717, 1.165) is 18.8 Å². The third-order valence-electron chi connectivity index (χ3n) is 1.74. The van der Waals surface area contributed by atoms with Crippen LogP contribution >= 0.6 is 0 Å². The summed E-state index contributed by atoms with van der Waals surface area (Å²) < 4.78 is 1.79. The molecule has 0 fully saturated rings. The highest BCUT2D eigenvalue weighted by Gasteiger charge is 2.03. The van der Waals surface area contributed by atoms with Gasteiger partial charge >= 0.3 is 0 Å². The lowest BCUT2D eigenvalue weighted by Crippen LogP contribution is -2.14. The van der Waals surface area contributed by atoms with Gasteiger partial charge in [-0.15, -0.1) is 0 Å². The van der Waals surface area contributed by atoms with Gasteiger partial charge in [0.1, 0.15) is 6.07 Å². The summed E-state index contributed by atoms with van der Waals surface area (Å²) >= 11 is 0. The SMILES string of the molecule is CCNCc1cnc(C#N)n1C. The summed E-state index contributed by atoms with van der Waals surface area (Å²) in [4.78, 5) is 3.95. The molecule has 0 aliphatic carbocycles. The van der Waals surface area contributed by atoms with Crippen LogP contribution in [0.3, 0.4) is 0 Å². The van der Waals surface area contributed by atoms with Gasteiger partial charge in [-0.2, -0.15) is 5.26 Å². The van der Waals surface area contributed by atoms with E-state index in [9.17, 15) is 0 Å². The fraction of sp³-hybridized carbons (Fsp3) is 0.500. The lowest BCUT2D eigenvalue weighted by molar-refractivity contribution is 0.677. The smallest absolute Gasteiger partial charge is 0.212 e. The molecule has 1 aromatic rings. The number of hydrogen-bond donors (Lipinski definition) is 1. The predicted molar refractivity (Wildman–Crippen MR) is 45.3 cm³/mol. The van der Waals surface area contributed by atoms with Crippen molar-refractivity contribution in [3.8, 4) is 6.07 Å². The van der Waals surface area contributed by atoms with E-state index in [1.165, 1.54) is 0 Å². The Morgan fingerprint density at radius 3 is 3.00 bits per heavy atom. The minimum atomic E-state index is 0.461. The monoisotopic (exact) mass is 164 g/mol. The molecule has 0 saturated carbocycles. The Bertz CT molecular complexity index is 294. The first kappa shape index (κ1) is 8.75. The summed E-state index contributed by atoms with van der Waals surface area (Å²) in [5.74, 6) is 0.461. The molecule has 0 spiro atoms. The molecule has 0 bridgehead atoms. The number of hydrogen-bond acceptors (Lipinski definition) is 3. The van der Waals surface area contributed by atoms with Crippen molar-refractivity contribution < 1.29 is 0 Å². The highest BCUT2D eigenvalue weighted by molar-refractivity contribution is 5.16. The van der Waals surface area contributed by atoms with E-state index in [0.29, 0.717) is 5.82 Å². The zero-order chi connectivity index (χ0) is 8.97. The summed E-state index contributed by atoms with van der Waals surface area (Å²) in [6, 6.07) is 2.02. The van der Waals surface area contributed by atoms with E-state index in [-0.39, 0.29) is 0 Å². The fourth-order valence-corrected chi connectivity index (χ4v) is 0.966. The second-order valence-corrected chi connectivity index (χ2v) is 2.52. The van der Waals surface area contributed by atoms with Crippen LogP contribution in [0.1, 0.15) is 18.4 Å². The highest BCUT2D eigenvalue weighted by Crippen LogP contribution is 2.00. The Balaban J connectivity index is 2.75. The maximum Gasteiger partial charge on any atom is 0.212 e. The molecule has 4 heteroatoms. The lowest BCUT2D eigenvalue weighted by atomic mass is 10.4. The van der Waals surface area contributed by atoms with Gasteiger partial charge in [-0.25, -0.2) is 4.98 Å². The number of nitrogens with zero attached hydrogens (tertiary/aromatic N) is 3. The number of rotatable bonds is 3. The van der Waals surface area contributed by atoms with Crippen molar-refractivity contribution in [1.29, 1.82) is 5.26 Å². The molecule has 0 aliphatic rings. The van der Waals surface area contributed by atoms with Gasteiger partial charge in [0.05, 0.1) is 11.9 Å². The van der Waals surface area contributed by atoms with Gasteiger partial charge in [0.2, 0.25) is 5.82 Å². The summed E-state index contributed by atoms with van der Waals surface area (Å²) in [5.41, 5.74) is 1.04. The third-order valence-corrected chi connectivity index (χ3v) is 1.74. The molecular formula is C8H12N4. The van der Waals surface area contributed by atoms with E-state index in [1.54, 1.807) is 10.8 Å². The van der Waals surface area contributed by atoms with Crippen LogP contribution in [0.15, 0.2) is 6.20 Å². The molecule has 0 unspecified atom stereocenters. The topological polar surface area (TPSA) is 53.6 Å². The molecule has 0 aliphatic heterocycles. The van der Waals surface area contributed by atoms with Gasteiger partial charge in [0, 0.05) is 13.6 Å².